The number of fused-ring (bicyclic) bond motifs is 1. The summed E-state index contributed by atoms with van der Waals surface area (Å²) in [6.07, 6.45) is 1.17. The largest absolute Gasteiger partial charge is 0.496 e. The Morgan fingerprint density at radius 2 is 2.05 bits per heavy atom. The topological polar surface area (TPSA) is 64.3 Å². The molecule has 0 unspecified atom stereocenters. The first-order chi connectivity index (χ1) is 9.76. The summed E-state index contributed by atoms with van der Waals surface area (Å²) in [4.78, 5) is 11.7. The van der Waals surface area contributed by atoms with Crippen molar-refractivity contribution in [3.05, 3.63) is 42.0 Å². The van der Waals surface area contributed by atoms with Crippen molar-refractivity contribution in [2.75, 3.05) is 13.7 Å². The molecule has 0 saturated carbocycles. The van der Waals surface area contributed by atoms with E-state index in [-0.39, 0.29) is 5.91 Å². The predicted molar refractivity (Wildman–Crippen MR) is 80.6 cm³/mol. The molecule has 4 nitrogen and oxygen atoms in total. The van der Waals surface area contributed by atoms with Gasteiger partial charge in [0.1, 0.15) is 5.75 Å². The SMILES string of the molecule is COc1ccc2ccccc2c1CNC(=O)CCCN. The molecule has 0 fully saturated rings. The van der Waals surface area contributed by atoms with Crippen LogP contribution in [-0.4, -0.2) is 19.6 Å². The Balaban J connectivity index is 2.21. The average molecular weight is 272 g/mol. The van der Waals surface area contributed by atoms with Crippen LogP contribution in [0.25, 0.3) is 10.8 Å². The van der Waals surface area contributed by atoms with E-state index < -0.39 is 0 Å². The molecule has 1 amide bonds. The van der Waals surface area contributed by atoms with E-state index in [0.717, 1.165) is 22.1 Å². The number of rotatable bonds is 6. The number of carbonyl (C=O) groups is 1. The van der Waals surface area contributed by atoms with E-state index in [9.17, 15) is 4.79 Å². The van der Waals surface area contributed by atoms with Gasteiger partial charge in [0.15, 0.2) is 0 Å². The molecular weight excluding hydrogens is 252 g/mol. The van der Waals surface area contributed by atoms with Gasteiger partial charge in [-0.15, -0.1) is 0 Å². The second-order valence-electron chi connectivity index (χ2n) is 4.64. The van der Waals surface area contributed by atoms with Crippen LogP contribution in [0.2, 0.25) is 0 Å². The maximum absolute atomic E-state index is 11.7. The van der Waals surface area contributed by atoms with Crippen molar-refractivity contribution in [2.45, 2.75) is 19.4 Å². The molecule has 0 aromatic heterocycles. The van der Waals surface area contributed by atoms with Gasteiger partial charge >= 0.3 is 0 Å². The van der Waals surface area contributed by atoms with E-state index in [1.54, 1.807) is 7.11 Å². The predicted octanol–water partition coefficient (Wildman–Crippen LogP) is 2.20. The number of ether oxygens (including phenoxy) is 1. The Kier molecular flexibility index (Phi) is 4.96. The molecular formula is C16H20N2O2. The highest BCUT2D eigenvalue weighted by atomic mass is 16.5. The highest BCUT2D eigenvalue weighted by molar-refractivity contribution is 5.88. The zero-order valence-electron chi connectivity index (χ0n) is 11.7. The Bertz CT molecular complexity index is 596. The molecule has 0 heterocycles. The first kappa shape index (κ1) is 14.3. The lowest BCUT2D eigenvalue weighted by molar-refractivity contribution is -0.121. The molecule has 106 valence electrons. The second-order valence-corrected chi connectivity index (χ2v) is 4.64. The van der Waals surface area contributed by atoms with Crippen LogP contribution >= 0.6 is 0 Å². The summed E-state index contributed by atoms with van der Waals surface area (Å²) in [5.74, 6) is 0.813. The molecule has 0 aliphatic carbocycles. The maximum Gasteiger partial charge on any atom is 0.220 e. The second kappa shape index (κ2) is 6.91. The Hall–Kier alpha value is -2.07. The van der Waals surface area contributed by atoms with Gasteiger partial charge in [-0.05, 0) is 29.8 Å². The van der Waals surface area contributed by atoms with E-state index >= 15 is 0 Å². The Labute approximate surface area is 118 Å². The highest BCUT2D eigenvalue weighted by Crippen LogP contribution is 2.27. The number of nitrogens with one attached hydrogen (secondary N) is 1. The summed E-state index contributed by atoms with van der Waals surface area (Å²) in [5.41, 5.74) is 6.41. The minimum atomic E-state index is 0.0189. The van der Waals surface area contributed by atoms with Crippen LogP contribution in [0.4, 0.5) is 0 Å². The molecule has 0 aliphatic heterocycles. The molecule has 2 rings (SSSR count). The summed E-state index contributed by atoms with van der Waals surface area (Å²) in [7, 11) is 1.64. The highest BCUT2D eigenvalue weighted by Gasteiger charge is 2.09. The molecule has 4 heteroatoms. The molecule has 2 aromatic rings. The van der Waals surface area contributed by atoms with Gasteiger partial charge < -0.3 is 15.8 Å². The van der Waals surface area contributed by atoms with Crippen LogP contribution in [0, 0.1) is 0 Å². The Morgan fingerprint density at radius 3 is 2.80 bits per heavy atom. The molecule has 0 atom stereocenters. The van der Waals surface area contributed by atoms with Gasteiger partial charge in [0.25, 0.3) is 0 Å². The van der Waals surface area contributed by atoms with Gasteiger partial charge in [-0.25, -0.2) is 0 Å². The summed E-state index contributed by atoms with van der Waals surface area (Å²) >= 11 is 0. The third-order valence-corrected chi connectivity index (χ3v) is 3.29. The number of benzene rings is 2. The van der Waals surface area contributed by atoms with Crippen molar-refractivity contribution in [3.8, 4) is 5.75 Å². The van der Waals surface area contributed by atoms with Gasteiger partial charge in [0.05, 0.1) is 7.11 Å². The zero-order valence-corrected chi connectivity index (χ0v) is 11.7. The fraction of sp³-hybridized carbons (Fsp3) is 0.312. The lowest BCUT2D eigenvalue weighted by Crippen LogP contribution is -2.23. The first-order valence-corrected chi connectivity index (χ1v) is 6.77. The van der Waals surface area contributed by atoms with Crippen LogP contribution in [0.5, 0.6) is 5.75 Å². The van der Waals surface area contributed by atoms with Crippen molar-refractivity contribution in [1.82, 2.24) is 5.32 Å². The lowest BCUT2D eigenvalue weighted by Gasteiger charge is -2.13. The van der Waals surface area contributed by atoms with Crippen LogP contribution in [0.15, 0.2) is 36.4 Å². The van der Waals surface area contributed by atoms with Crippen molar-refractivity contribution in [2.24, 2.45) is 5.73 Å². The molecule has 0 aliphatic rings. The third-order valence-electron chi connectivity index (χ3n) is 3.29. The normalized spacial score (nSPS) is 10.5. The summed E-state index contributed by atoms with van der Waals surface area (Å²) in [6, 6.07) is 12.0. The van der Waals surface area contributed by atoms with E-state index in [1.807, 2.05) is 30.3 Å². The summed E-state index contributed by atoms with van der Waals surface area (Å²) in [6.45, 7) is 0.999. The van der Waals surface area contributed by atoms with Crippen molar-refractivity contribution in [1.29, 1.82) is 0 Å². The van der Waals surface area contributed by atoms with E-state index in [4.69, 9.17) is 10.5 Å². The molecule has 0 radical (unpaired) electrons. The van der Waals surface area contributed by atoms with Crippen molar-refractivity contribution < 1.29 is 9.53 Å². The summed E-state index contributed by atoms with van der Waals surface area (Å²) < 4.78 is 5.40. The number of hydrogen-bond donors (Lipinski definition) is 2. The van der Waals surface area contributed by atoms with Crippen LogP contribution in [0.3, 0.4) is 0 Å². The van der Waals surface area contributed by atoms with Crippen LogP contribution in [-0.2, 0) is 11.3 Å². The van der Waals surface area contributed by atoms with Gasteiger partial charge in [-0.2, -0.15) is 0 Å². The molecule has 0 spiro atoms. The fourth-order valence-corrected chi connectivity index (χ4v) is 2.23. The standard InChI is InChI=1S/C16H20N2O2/c1-20-15-9-8-12-5-2-3-6-13(12)14(15)11-18-16(19)7-4-10-17/h2-3,5-6,8-9H,4,7,10-11,17H2,1H3,(H,18,19). The monoisotopic (exact) mass is 272 g/mol. The number of carbonyl (C=O) groups excluding carboxylic acids is 1. The number of nitrogens with two attached hydrogens (primary N) is 1. The molecule has 0 bridgehead atoms. The minimum Gasteiger partial charge on any atom is -0.496 e. The van der Waals surface area contributed by atoms with E-state index in [0.29, 0.717) is 25.9 Å². The van der Waals surface area contributed by atoms with E-state index in [2.05, 4.69) is 11.4 Å². The van der Waals surface area contributed by atoms with Gasteiger partial charge in [0.2, 0.25) is 5.91 Å². The van der Waals surface area contributed by atoms with E-state index in [1.165, 1.54) is 0 Å². The van der Waals surface area contributed by atoms with Gasteiger partial charge in [-0.1, -0.05) is 30.3 Å². The van der Waals surface area contributed by atoms with Gasteiger partial charge in [0, 0.05) is 18.5 Å². The molecule has 2 aromatic carbocycles. The molecule has 0 saturated heterocycles. The van der Waals surface area contributed by atoms with Gasteiger partial charge in [-0.3, -0.25) is 4.79 Å². The molecule has 3 N–H and O–H groups in total. The zero-order chi connectivity index (χ0) is 14.4. The van der Waals surface area contributed by atoms with Crippen LogP contribution in [0.1, 0.15) is 18.4 Å². The quantitative estimate of drug-likeness (QED) is 0.847. The first-order valence-electron chi connectivity index (χ1n) is 6.77. The number of amides is 1. The smallest absolute Gasteiger partial charge is 0.220 e. The summed E-state index contributed by atoms with van der Waals surface area (Å²) in [5, 5.41) is 5.17. The average Bonchev–Trinajstić information content (AvgIpc) is 2.50. The Morgan fingerprint density at radius 1 is 1.25 bits per heavy atom. The number of methoxy groups -OCH3 is 1. The fourth-order valence-electron chi connectivity index (χ4n) is 2.23. The molecule has 20 heavy (non-hydrogen) atoms. The van der Waals surface area contributed by atoms with Crippen LogP contribution < -0.4 is 15.8 Å². The third kappa shape index (κ3) is 3.27. The van der Waals surface area contributed by atoms with Crippen molar-refractivity contribution >= 4 is 16.7 Å². The number of hydrogen-bond acceptors (Lipinski definition) is 3. The minimum absolute atomic E-state index is 0.0189. The lowest BCUT2D eigenvalue weighted by atomic mass is 10.0. The van der Waals surface area contributed by atoms with Crippen molar-refractivity contribution in [3.63, 3.8) is 0 Å². The maximum atomic E-state index is 11.7.